The molecule has 1 aromatic rings. The summed E-state index contributed by atoms with van der Waals surface area (Å²) in [5.74, 6) is 7.25. The Labute approximate surface area is 84.1 Å². The van der Waals surface area contributed by atoms with Crippen molar-refractivity contribution in [3.63, 3.8) is 0 Å². The van der Waals surface area contributed by atoms with E-state index < -0.39 is 0 Å². The highest BCUT2D eigenvalue weighted by molar-refractivity contribution is 5.06. The van der Waals surface area contributed by atoms with E-state index in [0.717, 1.165) is 18.7 Å². The third kappa shape index (κ3) is 3.65. The quantitative estimate of drug-likeness (QED) is 0.547. The lowest BCUT2D eigenvalue weighted by Crippen LogP contribution is -2.13. The molecule has 0 atom stereocenters. The zero-order valence-electron chi connectivity index (χ0n) is 8.34. The summed E-state index contributed by atoms with van der Waals surface area (Å²) in [6, 6.07) is 3.65. The first kappa shape index (κ1) is 10.8. The summed E-state index contributed by atoms with van der Waals surface area (Å²) < 4.78 is 5.29. The van der Waals surface area contributed by atoms with E-state index in [4.69, 9.17) is 9.52 Å². The van der Waals surface area contributed by atoms with Gasteiger partial charge < -0.3 is 14.8 Å². The van der Waals surface area contributed by atoms with E-state index in [9.17, 15) is 0 Å². The first-order chi connectivity index (χ1) is 6.86. The normalized spacial score (nSPS) is 9.57. The minimum absolute atomic E-state index is 0.0404. The Bertz CT molecular complexity index is 320. The minimum atomic E-state index is -0.0404. The third-order valence-corrected chi connectivity index (χ3v) is 1.78. The van der Waals surface area contributed by atoms with Crippen molar-refractivity contribution in [2.24, 2.45) is 0 Å². The zero-order chi connectivity index (χ0) is 10.2. The van der Waals surface area contributed by atoms with Crippen LogP contribution in [0, 0.1) is 11.8 Å². The molecule has 1 rings (SSSR count). The van der Waals surface area contributed by atoms with Gasteiger partial charge in [0.1, 0.15) is 18.1 Å². The summed E-state index contributed by atoms with van der Waals surface area (Å²) in [6.45, 7) is 3.34. The van der Waals surface area contributed by atoms with Crippen molar-refractivity contribution in [2.75, 3.05) is 6.54 Å². The highest BCUT2D eigenvalue weighted by Crippen LogP contribution is 2.06. The van der Waals surface area contributed by atoms with Crippen molar-refractivity contribution in [2.45, 2.75) is 26.5 Å². The van der Waals surface area contributed by atoms with Crippen LogP contribution in [-0.2, 0) is 13.2 Å². The summed E-state index contributed by atoms with van der Waals surface area (Å²) in [5.41, 5.74) is 0. The number of furan rings is 1. The molecule has 0 saturated carbocycles. The molecule has 1 aromatic heterocycles. The average molecular weight is 193 g/mol. The summed E-state index contributed by atoms with van der Waals surface area (Å²) in [4.78, 5) is 0. The number of nitrogens with one attached hydrogen (secondary N) is 1. The Hall–Kier alpha value is -1.24. The van der Waals surface area contributed by atoms with Crippen molar-refractivity contribution in [3.05, 3.63) is 23.7 Å². The maximum absolute atomic E-state index is 8.76. The van der Waals surface area contributed by atoms with Crippen molar-refractivity contribution in [1.29, 1.82) is 0 Å². The number of aliphatic hydroxyl groups excluding tert-OH is 1. The first-order valence-corrected chi connectivity index (χ1v) is 4.65. The van der Waals surface area contributed by atoms with Crippen molar-refractivity contribution < 1.29 is 9.52 Å². The molecule has 3 nitrogen and oxygen atoms in total. The average Bonchev–Trinajstić information content (AvgIpc) is 2.65. The van der Waals surface area contributed by atoms with Crippen LogP contribution >= 0.6 is 0 Å². The molecule has 0 aliphatic carbocycles. The standard InChI is InChI=1S/C11H15NO2/c1-2-3-4-7-12-8-10-5-6-11(9-13)14-10/h5-6,12-13H,4,7-9H2,1H3. The van der Waals surface area contributed by atoms with Gasteiger partial charge in [0.15, 0.2) is 0 Å². The van der Waals surface area contributed by atoms with E-state index >= 15 is 0 Å². The zero-order valence-corrected chi connectivity index (χ0v) is 8.34. The van der Waals surface area contributed by atoms with Gasteiger partial charge in [-0.25, -0.2) is 0 Å². The molecule has 1 heterocycles. The molecule has 14 heavy (non-hydrogen) atoms. The van der Waals surface area contributed by atoms with Gasteiger partial charge in [-0.05, 0) is 19.1 Å². The second-order valence-corrected chi connectivity index (χ2v) is 2.88. The molecule has 3 heteroatoms. The molecule has 0 bridgehead atoms. The van der Waals surface area contributed by atoms with Gasteiger partial charge in [-0.1, -0.05) is 0 Å². The van der Waals surface area contributed by atoms with Crippen LogP contribution in [0.15, 0.2) is 16.5 Å². The van der Waals surface area contributed by atoms with Crippen LogP contribution in [0.5, 0.6) is 0 Å². The Balaban J connectivity index is 2.20. The van der Waals surface area contributed by atoms with Gasteiger partial charge in [0, 0.05) is 13.0 Å². The smallest absolute Gasteiger partial charge is 0.129 e. The molecule has 0 aromatic carbocycles. The number of aliphatic hydroxyl groups is 1. The lowest BCUT2D eigenvalue weighted by Gasteiger charge is -1.98. The summed E-state index contributed by atoms with van der Waals surface area (Å²) in [5, 5.41) is 12.0. The second kappa shape index (κ2) is 6.25. The van der Waals surface area contributed by atoms with Crippen molar-refractivity contribution >= 4 is 0 Å². The maximum atomic E-state index is 8.76. The van der Waals surface area contributed by atoms with E-state index in [1.165, 1.54) is 0 Å². The van der Waals surface area contributed by atoms with Crippen LogP contribution in [0.2, 0.25) is 0 Å². The van der Waals surface area contributed by atoms with Crippen LogP contribution in [0.25, 0.3) is 0 Å². The Morgan fingerprint density at radius 2 is 2.21 bits per heavy atom. The first-order valence-electron chi connectivity index (χ1n) is 4.65. The predicted molar refractivity (Wildman–Crippen MR) is 54.4 cm³/mol. The summed E-state index contributed by atoms with van der Waals surface area (Å²) >= 11 is 0. The molecule has 0 amide bonds. The molecule has 0 aliphatic heterocycles. The lowest BCUT2D eigenvalue weighted by molar-refractivity contribution is 0.243. The highest BCUT2D eigenvalue weighted by atomic mass is 16.4. The van der Waals surface area contributed by atoms with Crippen LogP contribution in [0.3, 0.4) is 0 Å². The van der Waals surface area contributed by atoms with Crippen LogP contribution in [0.1, 0.15) is 24.9 Å². The van der Waals surface area contributed by atoms with Gasteiger partial charge in [0.05, 0.1) is 6.54 Å². The second-order valence-electron chi connectivity index (χ2n) is 2.88. The van der Waals surface area contributed by atoms with Gasteiger partial charge in [-0.2, -0.15) is 0 Å². The number of hydrogen-bond donors (Lipinski definition) is 2. The number of hydrogen-bond acceptors (Lipinski definition) is 3. The van der Waals surface area contributed by atoms with Crippen molar-refractivity contribution in [3.8, 4) is 11.8 Å². The van der Waals surface area contributed by atoms with Gasteiger partial charge in [-0.15, -0.1) is 11.8 Å². The summed E-state index contributed by atoms with van der Waals surface area (Å²) in [7, 11) is 0. The lowest BCUT2D eigenvalue weighted by atomic mass is 10.4. The fourth-order valence-corrected chi connectivity index (χ4v) is 1.09. The summed E-state index contributed by atoms with van der Waals surface area (Å²) in [6.07, 6.45) is 0.851. The van der Waals surface area contributed by atoms with Gasteiger partial charge in [-0.3, -0.25) is 0 Å². The fraction of sp³-hybridized carbons (Fsp3) is 0.455. The van der Waals surface area contributed by atoms with Crippen LogP contribution < -0.4 is 5.32 Å². The molecule has 0 fully saturated rings. The molecular formula is C11H15NO2. The SMILES string of the molecule is CC#CCCNCc1ccc(CO)o1. The topological polar surface area (TPSA) is 45.4 Å². The van der Waals surface area contributed by atoms with Crippen LogP contribution in [-0.4, -0.2) is 11.7 Å². The van der Waals surface area contributed by atoms with Crippen molar-refractivity contribution in [1.82, 2.24) is 5.32 Å². The highest BCUT2D eigenvalue weighted by Gasteiger charge is 1.99. The number of rotatable bonds is 5. The Morgan fingerprint density at radius 1 is 1.43 bits per heavy atom. The van der Waals surface area contributed by atoms with E-state index in [2.05, 4.69) is 17.2 Å². The molecule has 0 saturated heterocycles. The van der Waals surface area contributed by atoms with Gasteiger partial charge >= 0.3 is 0 Å². The molecule has 76 valence electrons. The van der Waals surface area contributed by atoms with Gasteiger partial charge in [0.25, 0.3) is 0 Å². The third-order valence-electron chi connectivity index (χ3n) is 1.78. The maximum Gasteiger partial charge on any atom is 0.129 e. The molecular weight excluding hydrogens is 178 g/mol. The molecule has 2 N–H and O–H groups in total. The fourth-order valence-electron chi connectivity index (χ4n) is 1.09. The van der Waals surface area contributed by atoms with E-state index in [1.807, 2.05) is 13.0 Å². The molecule has 0 spiro atoms. The van der Waals surface area contributed by atoms with E-state index in [-0.39, 0.29) is 6.61 Å². The Kier molecular flexibility index (Phi) is 4.84. The van der Waals surface area contributed by atoms with Crippen LogP contribution in [0.4, 0.5) is 0 Å². The predicted octanol–water partition coefficient (Wildman–Crippen LogP) is 1.27. The molecule has 0 unspecified atom stereocenters. The minimum Gasteiger partial charge on any atom is -0.462 e. The monoisotopic (exact) mass is 193 g/mol. The van der Waals surface area contributed by atoms with E-state index in [0.29, 0.717) is 12.3 Å². The largest absolute Gasteiger partial charge is 0.462 e. The Morgan fingerprint density at radius 3 is 2.86 bits per heavy atom. The molecule has 0 radical (unpaired) electrons. The van der Waals surface area contributed by atoms with Gasteiger partial charge in [0.2, 0.25) is 0 Å². The molecule has 0 aliphatic rings. The van der Waals surface area contributed by atoms with E-state index in [1.54, 1.807) is 6.07 Å².